The van der Waals surface area contributed by atoms with Gasteiger partial charge in [-0.1, -0.05) is 35.3 Å². The molecule has 6 nitrogen and oxygen atoms in total. The van der Waals surface area contributed by atoms with Crippen LogP contribution in [0.4, 0.5) is 0 Å². The Morgan fingerprint density at radius 1 is 1.18 bits per heavy atom. The molecular formula is C7H8Cl2O6P2. The molecule has 0 saturated heterocycles. The molecule has 0 bridgehead atoms. The van der Waals surface area contributed by atoms with E-state index in [1.807, 2.05) is 0 Å². The van der Waals surface area contributed by atoms with Crippen molar-refractivity contribution in [2.45, 2.75) is 4.86 Å². The number of para-hydroxylation sites is 1. The van der Waals surface area contributed by atoms with Crippen molar-refractivity contribution >= 4 is 38.4 Å². The summed E-state index contributed by atoms with van der Waals surface area (Å²) < 4.78 is 26.9. The van der Waals surface area contributed by atoms with Crippen molar-refractivity contribution in [2.24, 2.45) is 0 Å². The van der Waals surface area contributed by atoms with E-state index < -0.39 is 20.1 Å². The molecule has 2 atom stereocenters. The summed E-state index contributed by atoms with van der Waals surface area (Å²) in [4.78, 5) is 24.4. The summed E-state index contributed by atoms with van der Waals surface area (Å²) >= 11 is 10.9. The van der Waals surface area contributed by atoms with Crippen LogP contribution >= 0.6 is 38.4 Å². The lowest BCUT2D eigenvalue weighted by atomic mass is 10.3. The van der Waals surface area contributed by atoms with Crippen LogP contribution in [-0.2, 0) is 9.13 Å². The van der Waals surface area contributed by atoms with Gasteiger partial charge in [-0.3, -0.25) is 4.57 Å². The third kappa shape index (κ3) is 3.97. The van der Waals surface area contributed by atoms with Crippen LogP contribution in [0, 0.1) is 0 Å². The van der Waals surface area contributed by atoms with Gasteiger partial charge in [0.15, 0.2) is 0 Å². The van der Waals surface area contributed by atoms with Gasteiger partial charge in [-0.2, -0.15) is 0 Å². The zero-order valence-electron chi connectivity index (χ0n) is 8.10. The number of alkyl halides is 1. The van der Waals surface area contributed by atoms with Crippen LogP contribution < -0.4 is 4.52 Å². The predicted octanol–water partition coefficient (Wildman–Crippen LogP) is 2.60. The number of rotatable bonds is 4. The van der Waals surface area contributed by atoms with Gasteiger partial charge in [-0.15, -0.1) is 0 Å². The van der Waals surface area contributed by atoms with E-state index in [0.717, 1.165) is 0 Å². The van der Waals surface area contributed by atoms with Gasteiger partial charge >= 0.3 is 15.2 Å². The number of benzene rings is 1. The zero-order valence-corrected chi connectivity index (χ0v) is 11.4. The number of hydrogen-bond donors (Lipinski definition) is 3. The standard InChI is InChI=1S/C7H8Cl2O6P2/c8-5-3-1-2-4-6(5)15-17(13,14)7(9)16(10,11)12/h1-4,7H,(H,13,14)(H2,10,11,12). The first-order valence-corrected chi connectivity index (χ1v) is 8.25. The average molecular weight is 321 g/mol. The highest BCUT2D eigenvalue weighted by Crippen LogP contribution is 2.64. The maximum Gasteiger partial charge on any atom is 0.406 e. The SMILES string of the molecule is O=P(O)(O)C(Cl)P(=O)(O)Oc1ccccc1Cl. The van der Waals surface area contributed by atoms with Gasteiger partial charge in [0.1, 0.15) is 5.75 Å². The summed E-state index contributed by atoms with van der Waals surface area (Å²) in [5, 5.41) is 0.0244. The fourth-order valence-electron chi connectivity index (χ4n) is 0.893. The minimum Gasteiger partial charge on any atom is -0.422 e. The third-order valence-corrected chi connectivity index (χ3v) is 6.76. The zero-order chi connectivity index (χ0) is 13.3. The number of halogens is 2. The van der Waals surface area contributed by atoms with Crippen molar-refractivity contribution in [1.29, 1.82) is 0 Å². The Kier molecular flexibility index (Phi) is 4.67. The molecule has 1 aromatic rings. The van der Waals surface area contributed by atoms with Crippen LogP contribution in [0.2, 0.25) is 5.02 Å². The van der Waals surface area contributed by atoms with Crippen molar-refractivity contribution in [1.82, 2.24) is 0 Å². The fraction of sp³-hybridized carbons (Fsp3) is 0.143. The normalized spacial score (nSPS) is 17.2. The molecule has 1 rings (SSSR count). The highest BCUT2D eigenvalue weighted by atomic mass is 35.5. The molecule has 96 valence electrons. The van der Waals surface area contributed by atoms with E-state index in [1.54, 1.807) is 6.07 Å². The van der Waals surface area contributed by atoms with E-state index in [0.29, 0.717) is 0 Å². The van der Waals surface area contributed by atoms with E-state index in [2.05, 4.69) is 4.52 Å². The largest absolute Gasteiger partial charge is 0.422 e. The van der Waals surface area contributed by atoms with Crippen LogP contribution in [-0.4, -0.2) is 19.5 Å². The van der Waals surface area contributed by atoms with Crippen LogP contribution in [0.1, 0.15) is 0 Å². The maximum atomic E-state index is 11.5. The molecule has 0 spiro atoms. The molecule has 0 aliphatic carbocycles. The van der Waals surface area contributed by atoms with Crippen molar-refractivity contribution in [3.05, 3.63) is 29.3 Å². The van der Waals surface area contributed by atoms with E-state index in [-0.39, 0.29) is 10.8 Å². The lowest BCUT2D eigenvalue weighted by molar-refractivity contribution is 0.355. The van der Waals surface area contributed by atoms with Crippen LogP contribution in [0.3, 0.4) is 0 Å². The molecule has 0 fully saturated rings. The Bertz CT molecular complexity index is 501. The topological polar surface area (TPSA) is 104 Å². The molecule has 0 aromatic heterocycles. The summed E-state index contributed by atoms with van der Waals surface area (Å²) in [5.74, 6) is -0.181. The van der Waals surface area contributed by atoms with Crippen LogP contribution in [0.15, 0.2) is 24.3 Å². The molecular weight excluding hydrogens is 313 g/mol. The first-order chi connectivity index (χ1) is 7.64. The second kappa shape index (κ2) is 5.29. The van der Waals surface area contributed by atoms with Crippen molar-refractivity contribution < 1.29 is 28.3 Å². The Labute approximate surface area is 107 Å². The Hall–Kier alpha value is -0.0600. The molecule has 0 aliphatic rings. The molecule has 0 heterocycles. The molecule has 1 aromatic carbocycles. The van der Waals surface area contributed by atoms with E-state index >= 15 is 0 Å². The first kappa shape index (κ1) is 15.0. The molecule has 0 radical (unpaired) electrons. The second-order valence-corrected chi connectivity index (χ2v) is 8.37. The van der Waals surface area contributed by atoms with Gasteiger partial charge in [0.2, 0.25) is 4.86 Å². The van der Waals surface area contributed by atoms with E-state index in [1.165, 1.54) is 18.2 Å². The highest BCUT2D eigenvalue weighted by molar-refractivity contribution is 7.74. The lowest BCUT2D eigenvalue weighted by Gasteiger charge is -2.19. The Morgan fingerprint density at radius 3 is 2.18 bits per heavy atom. The van der Waals surface area contributed by atoms with Crippen molar-refractivity contribution in [3.8, 4) is 5.75 Å². The quantitative estimate of drug-likeness (QED) is 0.582. The summed E-state index contributed by atoms with van der Waals surface area (Å²) in [7, 11) is -9.68. The average Bonchev–Trinajstić information content (AvgIpc) is 2.19. The smallest absolute Gasteiger partial charge is 0.406 e. The molecule has 17 heavy (non-hydrogen) atoms. The first-order valence-electron chi connectivity index (χ1n) is 4.10. The number of hydrogen-bond acceptors (Lipinski definition) is 3. The summed E-state index contributed by atoms with van der Waals surface area (Å²) in [6.45, 7) is 0. The van der Waals surface area contributed by atoms with Gasteiger partial charge in [0.25, 0.3) is 0 Å². The van der Waals surface area contributed by atoms with E-state index in [9.17, 15) is 14.0 Å². The molecule has 3 N–H and O–H groups in total. The minimum absolute atomic E-state index is 0.0244. The highest BCUT2D eigenvalue weighted by Gasteiger charge is 2.45. The maximum absolute atomic E-state index is 11.5. The molecule has 0 aliphatic heterocycles. The monoisotopic (exact) mass is 320 g/mol. The van der Waals surface area contributed by atoms with Gasteiger partial charge < -0.3 is 19.2 Å². The van der Waals surface area contributed by atoms with Crippen LogP contribution in [0.25, 0.3) is 0 Å². The second-order valence-electron chi connectivity index (χ2n) is 2.99. The molecule has 10 heteroatoms. The van der Waals surface area contributed by atoms with Gasteiger partial charge in [-0.05, 0) is 12.1 Å². The molecule has 0 amide bonds. The Balaban J connectivity index is 2.99. The van der Waals surface area contributed by atoms with Gasteiger partial charge in [0, 0.05) is 0 Å². The van der Waals surface area contributed by atoms with Gasteiger partial charge in [-0.25, -0.2) is 4.57 Å². The minimum atomic E-state index is -4.95. The fourth-order valence-corrected chi connectivity index (χ4v) is 3.43. The third-order valence-electron chi connectivity index (χ3n) is 1.61. The Morgan fingerprint density at radius 2 is 1.71 bits per heavy atom. The lowest BCUT2D eigenvalue weighted by Crippen LogP contribution is -2.06. The van der Waals surface area contributed by atoms with Crippen molar-refractivity contribution in [3.63, 3.8) is 0 Å². The summed E-state index contributed by atoms with van der Waals surface area (Å²) in [5.41, 5.74) is 0. The van der Waals surface area contributed by atoms with Gasteiger partial charge in [0.05, 0.1) is 5.02 Å². The summed E-state index contributed by atoms with van der Waals surface area (Å²) in [6.07, 6.45) is 0. The van der Waals surface area contributed by atoms with Crippen molar-refractivity contribution in [2.75, 3.05) is 0 Å². The van der Waals surface area contributed by atoms with E-state index in [4.69, 9.17) is 33.0 Å². The predicted molar refractivity (Wildman–Crippen MR) is 63.6 cm³/mol. The molecule has 2 unspecified atom stereocenters. The summed E-state index contributed by atoms with van der Waals surface area (Å²) in [6, 6.07) is 5.69. The van der Waals surface area contributed by atoms with Crippen LogP contribution in [0.5, 0.6) is 5.75 Å². The molecule has 0 saturated carbocycles.